The number of aliphatic hydroxyl groups is 1. The minimum Gasteiger partial charge on any atom is -0.497 e. The fourth-order valence-electron chi connectivity index (χ4n) is 2.17. The number of nitrogens with one attached hydrogen (secondary N) is 2. The van der Waals surface area contributed by atoms with Crippen LogP contribution in [0.25, 0.3) is 0 Å². The first kappa shape index (κ1) is 21.3. The topological polar surface area (TPSA) is 79.0 Å². The van der Waals surface area contributed by atoms with E-state index in [1.165, 1.54) is 0 Å². The fraction of sp³-hybridized carbons (Fsp3) is 0.389. The van der Waals surface area contributed by atoms with Gasteiger partial charge in [-0.1, -0.05) is 12.1 Å². The van der Waals surface area contributed by atoms with E-state index in [1.807, 2.05) is 31.2 Å². The van der Waals surface area contributed by atoms with E-state index in [2.05, 4.69) is 15.6 Å². The highest BCUT2D eigenvalue weighted by molar-refractivity contribution is 14.0. The lowest BCUT2D eigenvalue weighted by Crippen LogP contribution is -2.44. The molecule has 0 aliphatic heterocycles. The Morgan fingerprint density at radius 3 is 2.52 bits per heavy atom. The molecule has 2 aromatic rings. The molecule has 7 heteroatoms. The largest absolute Gasteiger partial charge is 0.497 e. The van der Waals surface area contributed by atoms with Gasteiger partial charge in [0.2, 0.25) is 0 Å². The first-order valence-corrected chi connectivity index (χ1v) is 7.96. The number of ether oxygens (including phenoxy) is 1. The summed E-state index contributed by atoms with van der Waals surface area (Å²) in [6.07, 6.45) is 1.55. The molecule has 0 aliphatic carbocycles. The van der Waals surface area contributed by atoms with Crippen LogP contribution in [0, 0.1) is 0 Å². The van der Waals surface area contributed by atoms with E-state index in [0.29, 0.717) is 18.3 Å². The Morgan fingerprint density at radius 1 is 1.24 bits per heavy atom. The number of benzene rings is 1. The SMILES string of the molecule is CCNC(=NCc1ccc(OC)cc1)NCC(C)(O)c1ccco1.I. The summed E-state index contributed by atoms with van der Waals surface area (Å²) in [6, 6.07) is 11.3. The minimum atomic E-state index is -1.11. The summed E-state index contributed by atoms with van der Waals surface area (Å²) in [7, 11) is 1.64. The predicted octanol–water partition coefficient (Wildman–Crippen LogP) is 2.87. The molecule has 1 aromatic carbocycles. The quantitative estimate of drug-likeness (QED) is 0.337. The summed E-state index contributed by atoms with van der Waals surface area (Å²) in [4.78, 5) is 4.54. The molecule has 2 rings (SSSR count). The summed E-state index contributed by atoms with van der Waals surface area (Å²) >= 11 is 0. The maximum absolute atomic E-state index is 10.5. The molecule has 6 nitrogen and oxygen atoms in total. The smallest absolute Gasteiger partial charge is 0.191 e. The highest BCUT2D eigenvalue weighted by Gasteiger charge is 2.26. The van der Waals surface area contributed by atoms with Crippen molar-refractivity contribution in [1.82, 2.24) is 10.6 Å². The van der Waals surface area contributed by atoms with Crippen LogP contribution in [0.5, 0.6) is 5.75 Å². The van der Waals surface area contributed by atoms with Crippen molar-refractivity contribution in [1.29, 1.82) is 0 Å². The molecule has 138 valence electrons. The number of furan rings is 1. The molecule has 0 saturated heterocycles. The summed E-state index contributed by atoms with van der Waals surface area (Å²) in [6.45, 7) is 5.25. The molecule has 0 fully saturated rings. The van der Waals surface area contributed by atoms with Gasteiger partial charge < -0.3 is 24.9 Å². The molecule has 25 heavy (non-hydrogen) atoms. The van der Waals surface area contributed by atoms with Crippen LogP contribution < -0.4 is 15.4 Å². The third-order valence-corrected chi connectivity index (χ3v) is 3.58. The van der Waals surface area contributed by atoms with E-state index in [1.54, 1.807) is 32.4 Å². The van der Waals surface area contributed by atoms with Crippen molar-refractivity contribution in [3.8, 4) is 5.75 Å². The van der Waals surface area contributed by atoms with Crippen molar-refractivity contribution in [2.75, 3.05) is 20.2 Å². The van der Waals surface area contributed by atoms with Crippen LogP contribution in [0.4, 0.5) is 0 Å². The van der Waals surface area contributed by atoms with Crippen molar-refractivity contribution < 1.29 is 14.3 Å². The van der Waals surface area contributed by atoms with Crippen LogP contribution in [0.15, 0.2) is 52.1 Å². The van der Waals surface area contributed by atoms with Gasteiger partial charge in [-0.05, 0) is 43.7 Å². The Kier molecular flexibility index (Phi) is 8.77. The van der Waals surface area contributed by atoms with Crippen molar-refractivity contribution >= 4 is 29.9 Å². The Labute approximate surface area is 165 Å². The fourth-order valence-corrected chi connectivity index (χ4v) is 2.17. The molecule has 1 atom stereocenters. The van der Waals surface area contributed by atoms with Gasteiger partial charge in [0, 0.05) is 6.54 Å². The Hall–Kier alpha value is -1.74. The third-order valence-electron chi connectivity index (χ3n) is 3.58. The molecule has 1 heterocycles. The van der Waals surface area contributed by atoms with E-state index in [-0.39, 0.29) is 30.5 Å². The second-order valence-corrected chi connectivity index (χ2v) is 5.65. The van der Waals surface area contributed by atoms with E-state index in [9.17, 15) is 5.11 Å². The minimum absolute atomic E-state index is 0. The molecule has 1 unspecified atom stereocenters. The number of aliphatic imine (C=N–C) groups is 1. The van der Waals surface area contributed by atoms with E-state index in [4.69, 9.17) is 9.15 Å². The number of halogens is 1. The zero-order chi connectivity index (χ0) is 17.4. The van der Waals surface area contributed by atoms with E-state index >= 15 is 0 Å². The maximum Gasteiger partial charge on any atom is 0.191 e. The van der Waals surface area contributed by atoms with E-state index < -0.39 is 5.60 Å². The van der Waals surface area contributed by atoms with Gasteiger partial charge >= 0.3 is 0 Å². The molecular formula is C18H26IN3O3. The van der Waals surface area contributed by atoms with Gasteiger partial charge in [-0.3, -0.25) is 0 Å². The molecule has 0 aliphatic rings. The van der Waals surface area contributed by atoms with Crippen LogP contribution in [-0.4, -0.2) is 31.3 Å². The van der Waals surface area contributed by atoms with Crippen LogP contribution in [0.1, 0.15) is 25.2 Å². The second kappa shape index (κ2) is 10.3. The first-order valence-electron chi connectivity index (χ1n) is 7.96. The number of methoxy groups -OCH3 is 1. The van der Waals surface area contributed by atoms with Gasteiger partial charge in [-0.25, -0.2) is 4.99 Å². The highest BCUT2D eigenvalue weighted by atomic mass is 127. The van der Waals surface area contributed by atoms with Gasteiger partial charge in [0.1, 0.15) is 17.1 Å². The summed E-state index contributed by atoms with van der Waals surface area (Å²) < 4.78 is 10.4. The van der Waals surface area contributed by atoms with Gasteiger partial charge in [0.15, 0.2) is 5.96 Å². The second-order valence-electron chi connectivity index (χ2n) is 5.65. The molecule has 0 radical (unpaired) electrons. The number of hydrogen-bond donors (Lipinski definition) is 3. The zero-order valence-corrected chi connectivity index (χ0v) is 17.1. The van der Waals surface area contributed by atoms with Gasteiger partial charge in [0.05, 0.1) is 26.5 Å². The average molecular weight is 459 g/mol. The number of nitrogens with zero attached hydrogens (tertiary/aromatic N) is 1. The van der Waals surface area contributed by atoms with Crippen LogP contribution >= 0.6 is 24.0 Å². The monoisotopic (exact) mass is 459 g/mol. The van der Waals surface area contributed by atoms with Crippen LogP contribution in [0.3, 0.4) is 0 Å². The molecule has 0 spiro atoms. The van der Waals surface area contributed by atoms with Crippen molar-refractivity contribution in [3.63, 3.8) is 0 Å². The normalized spacial score (nSPS) is 13.5. The average Bonchev–Trinajstić information content (AvgIpc) is 3.13. The van der Waals surface area contributed by atoms with Crippen molar-refractivity contribution in [3.05, 3.63) is 54.0 Å². The van der Waals surface area contributed by atoms with Gasteiger partial charge in [-0.2, -0.15) is 0 Å². The Morgan fingerprint density at radius 2 is 1.96 bits per heavy atom. The zero-order valence-electron chi connectivity index (χ0n) is 14.8. The van der Waals surface area contributed by atoms with Crippen molar-refractivity contribution in [2.45, 2.75) is 26.0 Å². The van der Waals surface area contributed by atoms with Gasteiger partial charge in [0.25, 0.3) is 0 Å². The lowest BCUT2D eigenvalue weighted by Gasteiger charge is -2.22. The van der Waals surface area contributed by atoms with Crippen LogP contribution in [-0.2, 0) is 12.1 Å². The molecule has 3 N–H and O–H groups in total. The number of rotatable bonds is 7. The third kappa shape index (κ3) is 6.58. The van der Waals surface area contributed by atoms with E-state index in [0.717, 1.165) is 17.9 Å². The standard InChI is InChI=1S/C18H25N3O3.HI/c1-4-19-17(20-12-14-7-9-15(23-3)10-8-14)21-13-18(2,22)16-6-5-11-24-16;/h5-11,22H,4,12-13H2,1-3H3,(H2,19,20,21);1H. The molecule has 0 bridgehead atoms. The maximum atomic E-state index is 10.5. The van der Waals surface area contributed by atoms with Gasteiger partial charge in [-0.15, -0.1) is 24.0 Å². The van der Waals surface area contributed by atoms with Crippen LogP contribution in [0.2, 0.25) is 0 Å². The molecule has 0 amide bonds. The van der Waals surface area contributed by atoms with Crippen molar-refractivity contribution in [2.24, 2.45) is 4.99 Å². The lowest BCUT2D eigenvalue weighted by molar-refractivity contribution is 0.0386. The first-order chi connectivity index (χ1) is 11.5. The molecule has 0 saturated carbocycles. The summed E-state index contributed by atoms with van der Waals surface area (Å²) in [5, 5.41) is 16.8. The predicted molar refractivity (Wildman–Crippen MR) is 110 cm³/mol. The Bertz CT molecular complexity index is 640. The molecule has 1 aromatic heterocycles. The Balaban J connectivity index is 0.00000312. The number of hydrogen-bond acceptors (Lipinski definition) is 4. The molecular weight excluding hydrogens is 433 g/mol. The summed E-state index contributed by atoms with van der Waals surface area (Å²) in [5.41, 5.74) is -0.0365. The summed E-state index contributed by atoms with van der Waals surface area (Å²) in [5.74, 6) is 1.98. The number of guanidine groups is 1. The highest BCUT2D eigenvalue weighted by Crippen LogP contribution is 2.19. The lowest BCUT2D eigenvalue weighted by atomic mass is 10.0.